The van der Waals surface area contributed by atoms with Crippen LogP contribution in [0.3, 0.4) is 0 Å². The first-order chi connectivity index (χ1) is 17.0. The maximum Gasteiger partial charge on any atom is 0.328 e. The molecule has 11 heteroatoms. The van der Waals surface area contributed by atoms with Crippen LogP contribution in [0.5, 0.6) is 0 Å². The number of aliphatic hydroxyl groups excluding tert-OH is 2. The number of rotatable bonds is 9. The minimum atomic E-state index is -1.55. The fraction of sp³-hybridized carbons (Fsp3) is 0.600. The van der Waals surface area contributed by atoms with Crippen LogP contribution in [0.4, 0.5) is 0 Å². The summed E-state index contributed by atoms with van der Waals surface area (Å²) in [6.07, 6.45) is -0.532. The molecule has 2 fully saturated rings. The summed E-state index contributed by atoms with van der Waals surface area (Å²) in [6.45, 7) is 3.25. The predicted molar refractivity (Wildman–Crippen MR) is 129 cm³/mol. The molecule has 2 heterocycles. The van der Waals surface area contributed by atoms with E-state index in [2.05, 4.69) is 5.32 Å². The molecule has 1 aromatic carbocycles. The van der Waals surface area contributed by atoms with Crippen molar-refractivity contribution < 1.29 is 34.5 Å². The van der Waals surface area contributed by atoms with E-state index in [-0.39, 0.29) is 13.0 Å². The van der Waals surface area contributed by atoms with Gasteiger partial charge in [0.15, 0.2) is 6.04 Å². The van der Waals surface area contributed by atoms with Gasteiger partial charge >= 0.3 is 5.97 Å². The highest BCUT2D eigenvalue weighted by molar-refractivity contribution is 5.97. The largest absolute Gasteiger partial charge is 0.480 e. The van der Waals surface area contributed by atoms with E-state index in [1.165, 1.54) is 23.6 Å². The molecule has 1 aromatic rings. The van der Waals surface area contributed by atoms with Crippen molar-refractivity contribution in [2.45, 2.75) is 81.8 Å². The minimum Gasteiger partial charge on any atom is -0.480 e. The Morgan fingerprint density at radius 1 is 1.08 bits per heavy atom. The summed E-state index contributed by atoms with van der Waals surface area (Å²) in [5, 5.41) is 31.7. The molecule has 2 aliphatic rings. The number of nitrogens with two attached hydrogens (primary N) is 1. The molecule has 0 bridgehead atoms. The normalized spacial score (nSPS) is 25.2. The lowest BCUT2D eigenvalue weighted by molar-refractivity contribution is -0.154. The number of aliphatic hydroxyl groups is 2. The second-order valence-electron chi connectivity index (χ2n) is 9.77. The number of carbonyl (C=O) groups is 4. The molecular weight excluding hydrogens is 468 g/mol. The number of aliphatic carboxylic acids is 1. The Balaban J connectivity index is 1.96. The fourth-order valence-electron chi connectivity index (χ4n) is 5.16. The van der Waals surface area contributed by atoms with E-state index in [4.69, 9.17) is 5.73 Å². The summed E-state index contributed by atoms with van der Waals surface area (Å²) in [4.78, 5) is 55.0. The Labute approximate surface area is 210 Å². The van der Waals surface area contributed by atoms with Crippen LogP contribution >= 0.6 is 0 Å². The van der Waals surface area contributed by atoms with E-state index >= 15 is 0 Å². The second kappa shape index (κ2) is 11.4. The van der Waals surface area contributed by atoms with Gasteiger partial charge in [-0.25, -0.2) is 4.79 Å². The molecule has 2 aliphatic heterocycles. The number of carboxylic acids is 1. The molecular formula is C25H36N4O7. The lowest BCUT2D eigenvalue weighted by Crippen LogP contribution is -2.65. The molecule has 0 aliphatic carbocycles. The molecule has 0 spiro atoms. The van der Waals surface area contributed by atoms with Crippen molar-refractivity contribution in [3.05, 3.63) is 35.9 Å². The molecule has 6 unspecified atom stereocenters. The van der Waals surface area contributed by atoms with Crippen LogP contribution in [0.25, 0.3) is 0 Å². The Morgan fingerprint density at radius 2 is 1.75 bits per heavy atom. The molecule has 3 amide bonds. The number of nitrogens with zero attached hydrogens (tertiary/aromatic N) is 2. The van der Waals surface area contributed by atoms with Crippen LogP contribution in [0, 0.1) is 0 Å². The second-order valence-corrected chi connectivity index (χ2v) is 9.77. The highest BCUT2D eigenvalue weighted by Gasteiger charge is 2.53. The van der Waals surface area contributed by atoms with Gasteiger partial charge in [-0.3, -0.25) is 14.4 Å². The van der Waals surface area contributed by atoms with Gasteiger partial charge < -0.3 is 36.2 Å². The molecule has 6 N–H and O–H groups in total. The third-order valence-corrected chi connectivity index (χ3v) is 7.18. The molecule has 3 rings (SSSR count). The van der Waals surface area contributed by atoms with Gasteiger partial charge in [0.25, 0.3) is 0 Å². The Hall–Kier alpha value is -3.02. The zero-order chi connectivity index (χ0) is 26.6. The number of carbonyl (C=O) groups excluding carboxylic acids is 3. The van der Waals surface area contributed by atoms with E-state index in [1.807, 2.05) is 30.3 Å². The van der Waals surface area contributed by atoms with E-state index in [0.717, 1.165) is 5.56 Å². The number of nitrogens with one attached hydrogen (secondary N) is 1. The van der Waals surface area contributed by atoms with E-state index < -0.39 is 59.6 Å². The number of likely N-dealkylation sites (tertiary alicyclic amines) is 2. The summed E-state index contributed by atoms with van der Waals surface area (Å²) in [5.74, 6) is -2.99. The van der Waals surface area contributed by atoms with Crippen molar-refractivity contribution in [1.29, 1.82) is 0 Å². The lowest BCUT2D eigenvalue weighted by atomic mass is 9.86. The lowest BCUT2D eigenvalue weighted by Gasteiger charge is -2.41. The van der Waals surface area contributed by atoms with Crippen molar-refractivity contribution in [3.8, 4) is 0 Å². The van der Waals surface area contributed by atoms with Crippen LogP contribution in [0.1, 0.15) is 45.1 Å². The number of hydrogen-bond acceptors (Lipinski definition) is 7. The quantitative estimate of drug-likeness (QED) is 0.292. The van der Waals surface area contributed by atoms with Crippen molar-refractivity contribution >= 4 is 23.7 Å². The molecule has 2 saturated heterocycles. The molecule has 0 radical (unpaired) electrons. The highest BCUT2D eigenvalue weighted by Crippen LogP contribution is 2.36. The van der Waals surface area contributed by atoms with Gasteiger partial charge in [0, 0.05) is 19.5 Å². The summed E-state index contributed by atoms with van der Waals surface area (Å²) in [5.41, 5.74) is 5.25. The molecule has 36 heavy (non-hydrogen) atoms. The zero-order valence-electron chi connectivity index (χ0n) is 20.7. The number of amides is 3. The molecule has 11 nitrogen and oxygen atoms in total. The van der Waals surface area contributed by atoms with Crippen LogP contribution in [0.15, 0.2) is 30.3 Å². The van der Waals surface area contributed by atoms with E-state index in [9.17, 15) is 34.5 Å². The molecule has 0 aromatic heterocycles. The van der Waals surface area contributed by atoms with Crippen molar-refractivity contribution in [2.75, 3.05) is 13.1 Å². The van der Waals surface area contributed by atoms with Gasteiger partial charge in [-0.2, -0.15) is 0 Å². The average Bonchev–Trinajstić information content (AvgIpc) is 3.49. The topological polar surface area (TPSA) is 173 Å². The highest BCUT2D eigenvalue weighted by atomic mass is 16.4. The minimum absolute atomic E-state index is 0.144. The smallest absolute Gasteiger partial charge is 0.328 e. The van der Waals surface area contributed by atoms with Crippen LogP contribution in [-0.4, -0.2) is 97.8 Å². The van der Waals surface area contributed by atoms with E-state index in [0.29, 0.717) is 32.2 Å². The summed E-state index contributed by atoms with van der Waals surface area (Å²) >= 11 is 0. The van der Waals surface area contributed by atoms with Crippen molar-refractivity contribution in [3.63, 3.8) is 0 Å². The summed E-state index contributed by atoms with van der Waals surface area (Å²) in [7, 11) is 0. The summed E-state index contributed by atoms with van der Waals surface area (Å²) < 4.78 is 0. The Bertz CT molecular complexity index is 970. The first kappa shape index (κ1) is 27.6. The van der Waals surface area contributed by atoms with Gasteiger partial charge in [-0.1, -0.05) is 30.3 Å². The maximum absolute atomic E-state index is 13.9. The van der Waals surface area contributed by atoms with Crippen LogP contribution in [-0.2, 0) is 25.6 Å². The van der Waals surface area contributed by atoms with Crippen LogP contribution in [0.2, 0.25) is 0 Å². The number of hydrogen-bond donors (Lipinski definition) is 5. The first-order valence-electron chi connectivity index (χ1n) is 12.3. The Morgan fingerprint density at radius 3 is 2.33 bits per heavy atom. The average molecular weight is 505 g/mol. The molecule has 198 valence electrons. The number of benzene rings is 1. The third kappa shape index (κ3) is 5.53. The summed E-state index contributed by atoms with van der Waals surface area (Å²) in [6, 6.07) is 5.55. The molecule has 6 atom stereocenters. The monoisotopic (exact) mass is 504 g/mol. The zero-order valence-corrected chi connectivity index (χ0v) is 20.7. The van der Waals surface area contributed by atoms with Gasteiger partial charge in [-0.05, 0) is 45.1 Å². The van der Waals surface area contributed by atoms with Crippen LogP contribution < -0.4 is 11.1 Å². The number of carboxylic acid groups (broad SMARTS) is 1. The van der Waals surface area contributed by atoms with E-state index in [1.54, 1.807) is 0 Å². The predicted octanol–water partition coefficient (Wildman–Crippen LogP) is -0.760. The third-order valence-electron chi connectivity index (χ3n) is 7.18. The Kier molecular flexibility index (Phi) is 8.70. The van der Waals surface area contributed by atoms with Gasteiger partial charge in [-0.15, -0.1) is 0 Å². The van der Waals surface area contributed by atoms with Gasteiger partial charge in [0.05, 0.1) is 12.2 Å². The SMILES string of the molecule is CC(O)C(N)C(=O)N1CCCC1C(=O)N1CCCC1(Cc1ccccc1)C(=O)NC(C(=O)O)C(C)O. The maximum atomic E-state index is 13.9. The molecule has 0 saturated carbocycles. The van der Waals surface area contributed by atoms with Gasteiger partial charge in [0.1, 0.15) is 17.6 Å². The van der Waals surface area contributed by atoms with Crippen molar-refractivity contribution in [2.24, 2.45) is 5.73 Å². The van der Waals surface area contributed by atoms with Crippen molar-refractivity contribution in [1.82, 2.24) is 15.1 Å². The first-order valence-corrected chi connectivity index (χ1v) is 12.3. The standard InChI is InChI=1S/C25H36N4O7/c1-15(30)19(26)22(33)28-12-6-10-18(28)21(32)29-13-7-11-25(29,14-17-8-4-3-5-9-17)24(36)27-20(16(2)31)23(34)35/h3-5,8-9,15-16,18-20,30-31H,6-7,10-14,26H2,1-2H3,(H,27,36)(H,34,35). The van der Waals surface area contributed by atoms with Gasteiger partial charge in [0.2, 0.25) is 17.7 Å². The fourth-order valence-corrected chi connectivity index (χ4v) is 5.16.